The number of likely N-dealkylation sites (N-methyl/N-ethyl adjacent to an activating group) is 1. The summed E-state index contributed by atoms with van der Waals surface area (Å²) in [6.07, 6.45) is 1.71. The highest BCUT2D eigenvalue weighted by Crippen LogP contribution is 2.37. The summed E-state index contributed by atoms with van der Waals surface area (Å²) in [6.45, 7) is 1.99. The number of para-hydroxylation sites is 1. The van der Waals surface area contributed by atoms with Crippen molar-refractivity contribution >= 4 is 34.1 Å². The number of fused-ring (bicyclic) bond motifs is 2. The van der Waals surface area contributed by atoms with Gasteiger partial charge in [0.15, 0.2) is 0 Å². The maximum Gasteiger partial charge on any atom is 0.261 e. The molecule has 5 nitrogen and oxygen atoms in total. The van der Waals surface area contributed by atoms with Crippen molar-refractivity contribution in [2.24, 2.45) is 7.05 Å². The molecule has 0 saturated heterocycles. The smallest absolute Gasteiger partial charge is 0.261 e. The summed E-state index contributed by atoms with van der Waals surface area (Å²) < 4.78 is 1.48. The first-order chi connectivity index (χ1) is 12.0. The van der Waals surface area contributed by atoms with E-state index in [1.54, 1.807) is 37.2 Å². The van der Waals surface area contributed by atoms with Crippen LogP contribution in [0.4, 0.5) is 5.69 Å². The van der Waals surface area contributed by atoms with Gasteiger partial charge in [0.05, 0.1) is 22.2 Å². The molecule has 0 unspecified atom stereocenters. The number of nitrogens with zero attached hydrogens (tertiary/aromatic N) is 3. The molecule has 0 bridgehead atoms. The molecular weight excluding hydrogens is 314 g/mol. The van der Waals surface area contributed by atoms with Crippen LogP contribution in [0.15, 0.2) is 47.3 Å². The standard InChI is InChI=1S/C20H17N3O2/c1-12-8-9-17-14(10-12)15(20(25)22(17)2)11-18-21-16-7-5-4-6-13(16)19(24)23(18)3/h4-11H,1-3H3/b15-11-. The zero-order valence-electron chi connectivity index (χ0n) is 14.3. The van der Waals surface area contributed by atoms with Crippen LogP contribution in [-0.4, -0.2) is 22.5 Å². The molecule has 1 aliphatic heterocycles. The summed E-state index contributed by atoms with van der Waals surface area (Å²) in [7, 11) is 3.43. The molecule has 5 heteroatoms. The zero-order chi connectivity index (χ0) is 17.7. The minimum absolute atomic E-state index is 0.0944. The van der Waals surface area contributed by atoms with Gasteiger partial charge in [0.2, 0.25) is 0 Å². The molecule has 0 aliphatic carbocycles. The van der Waals surface area contributed by atoms with Crippen molar-refractivity contribution in [1.29, 1.82) is 0 Å². The Morgan fingerprint density at radius 3 is 2.60 bits per heavy atom. The van der Waals surface area contributed by atoms with Crippen LogP contribution in [0.2, 0.25) is 0 Å². The number of aryl methyl sites for hydroxylation is 1. The molecule has 1 aromatic heterocycles. The van der Waals surface area contributed by atoms with E-state index >= 15 is 0 Å². The van der Waals surface area contributed by atoms with Crippen molar-refractivity contribution in [3.63, 3.8) is 0 Å². The van der Waals surface area contributed by atoms with E-state index in [9.17, 15) is 9.59 Å². The Labute approximate surface area is 144 Å². The van der Waals surface area contributed by atoms with Gasteiger partial charge >= 0.3 is 0 Å². The molecular formula is C20H17N3O2. The van der Waals surface area contributed by atoms with Crippen molar-refractivity contribution < 1.29 is 4.79 Å². The highest BCUT2D eigenvalue weighted by molar-refractivity contribution is 6.35. The molecule has 2 aromatic carbocycles. The largest absolute Gasteiger partial charge is 0.311 e. The molecule has 3 aromatic rings. The summed E-state index contributed by atoms with van der Waals surface area (Å²) in [5.74, 6) is 0.373. The van der Waals surface area contributed by atoms with Crippen LogP contribution in [0.25, 0.3) is 22.6 Å². The number of hydrogen-bond acceptors (Lipinski definition) is 3. The van der Waals surface area contributed by atoms with E-state index in [1.165, 1.54) is 4.57 Å². The second kappa shape index (κ2) is 5.41. The molecule has 1 amide bonds. The Morgan fingerprint density at radius 2 is 1.80 bits per heavy atom. The van der Waals surface area contributed by atoms with Crippen molar-refractivity contribution in [2.75, 3.05) is 11.9 Å². The molecule has 0 N–H and O–H groups in total. The Morgan fingerprint density at radius 1 is 1.04 bits per heavy atom. The van der Waals surface area contributed by atoms with E-state index < -0.39 is 0 Å². The topological polar surface area (TPSA) is 55.2 Å². The third-order valence-corrected chi connectivity index (χ3v) is 4.63. The van der Waals surface area contributed by atoms with Gasteiger partial charge in [-0.3, -0.25) is 14.2 Å². The third-order valence-electron chi connectivity index (χ3n) is 4.63. The fraction of sp³-hybridized carbons (Fsp3) is 0.150. The molecule has 0 fully saturated rings. The van der Waals surface area contributed by atoms with Crippen LogP contribution in [0.1, 0.15) is 17.0 Å². The maximum atomic E-state index is 12.7. The Hall–Kier alpha value is -3.21. The summed E-state index contributed by atoms with van der Waals surface area (Å²) in [5, 5.41) is 0.568. The first-order valence-corrected chi connectivity index (χ1v) is 8.04. The molecule has 4 rings (SSSR count). The lowest BCUT2D eigenvalue weighted by molar-refractivity contribution is -0.112. The lowest BCUT2D eigenvalue weighted by Gasteiger charge is -2.08. The van der Waals surface area contributed by atoms with Gasteiger partial charge in [0.1, 0.15) is 5.82 Å². The Kier molecular flexibility index (Phi) is 3.32. The van der Waals surface area contributed by atoms with Gasteiger partial charge in [-0.05, 0) is 37.3 Å². The van der Waals surface area contributed by atoms with Gasteiger partial charge in [-0.1, -0.05) is 23.8 Å². The van der Waals surface area contributed by atoms with Crippen molar-refractivity contribution in [3.05, 3.63) is 69.8 Å². The second-order valence-electron chi connectivity index (χ2n) is 6.29. The fourth-order valence-corrected chi connectivity index (χ4v) is 3.20. The van der Waals surface area contributed by atoms with E-state index in [1.807, 2.05) is 37.3 Å². The Bertz CT molecular complexity index is 1130. The van der Waals surface area contributed by atoms with Crippen LogP contribution < -0.4 is 10.5 Å². The maximum absolute atomic E-state index is 12.7. The number of aromatic nitrogens is 2. The lowest BCUT2D eigenvalue weighted by atomic mass is 10.0. The number of benzene rings is 2. The average Bonchev–Trinajstić information content (AvgIpc) is 2.84. The van der Waals surface area contributed by atoms with E-state index in [0.717, 1.165) is 16.8 Å². The first-order valence-electron chi connectivity index (χ1n) is 8.04. The number of amides is 1. The predicted octanol–water partition coefficient (Wildman–Crippen LogP) is 2.76. The SMILES string of the molecule is Cc1ccc2c(c1)/C(=C/c1nc3ccccc3c(=O)n1C)C(=O)N2C. The second-order valence-corrected chi connectivity index (χ2v) is 6.29. The van der Waals surface area contributed by atoms with Crippen LogP contribution in [-0.2, 0) is 11.8 Å². The summed E-state index contributed by atoms with van der Waals surface area (Å²) in [4.78, 5) is 31.4. The zero-order valence-corrected chi connectivity index (χ0v) is 14.3. The van der Waals surface area contributed by atoms with Gasteiger partial charge in [-0.25, -0.2) is 4.98 Å². The lowest BCUT2D eigenvalue weighted by Crippen LogP contribution is -2.22. The predicted molar refractivity (Wildman–Crippen MR) is 99.4 cm³/mol. The average molecular weight is 331 g/mol. The molecule has 25 heavy (non-hydrogen) atoms. The van der Waals surface area contributed by atoms with E-state index in [0.29, 0.717) is 22.3 Å². The van der Waals surface area contributed by atoms with Crippen molar-refractivity contribution in [1.82, 2.24) is 9.55 Å². The van der Waals surface area contributed by atoms with Crippen LogP contribution >= 0.6 is 0 Å². The molecule has 0 spiro atoms. The summed E-state index contributed by atoms with van der Waals surface area (Å²) >= 11 is 0. The number of hydrogen-bond donors (Lipinski definition) is 0. The van der Waals surface area contributed by atoms with E-state index in [4.69, 9.17) is 0 Å². The van der Waals surface area contributed by atoms with Crippen molar-refractivity contribution in [2.45, 2.75) is 6.92 Å². The number of carbonyl (C=O) groups is 1. The number of carbonyl (C=O) groups excluding carboxylic acids is 1. The Balaban J connectivity index is 1.97. The van der Waals surface area contributed by atoms with Crippen LogP contribution in [0.5, 0.6) is 0 Å². The summed E-state index contributed by atoms with van der Waals surface area (Å²) in [6, 6.07) is 13.1. The van der Waals surface area contributed by atoms with Gasteiger partial charge < -0.3 is 4.90 Å². The molecule has 1 aliphatic rings. The first kappa shape index (κ1) is 15.3. The van der Waals surface area contributed by atoms with E-state index in [2.05, 4.69) is 4.98 Å². The summed E-state index contributed by atoms with van der Waals surface area (Å²) in [5.41, 5.74) is 3.87. The van der Waals surface area contributed by atoms with Gasteiger partial charge in [-0.2, -0.15) is 0 Å². The molecule has 0 radical (unpaired) electrons. The minimum atomic E-state index is -0.124. The highest BCUT2D eigenvalue weighted by atomic mass is 16.2. The molecule has 0 saturated carbocycles. The normalized spacial score (nSPS) is 15.2. The third kappa shape index (κ3) is 2.28. The highest BCUT2D eigenvalue weighted by Gasteiger charge is 2.30. The van der Waals surface area contributed by atoms with Gasteiger partial charge in [0, 0.05) is 19.7 Å². The van der Waals surface area contributed by atoms with Crippen molar-refractivity contribution in [3.8, 4) is 0 Å². The van der Waals surface area contributed by atoms with Gasteiger partial charge in [-0.15, -0.1) is 0 Å². The monoisotopic (exact) mass is 331 g/mol. The molecule has 0 atom stereocenters. The fourth-order valence-electron chi connectivity index (χ4n) is 3.20. The number of rotatable bonds is 1. The molecule has 2 heterocycles. The van der Waals surface area contributed by atoms with Crippen LogP contribution in [0, 0.1) is 6.92 Å². The van der Waals surface area contributed by atoms with E-state index in [-0.39, 0.29) is 11.5 Å². The quantitative estimate of drug-likeness (QED) is 0.644. The minimum Gasteiger partial charge on any atom is -0.311 e. The van der Waals surface area contributed by atoms with Gasteiger partial charge in [0.25, 0.3) is 11.5 Å². The number of anilines is 1. The molecule has 124 valence electrons. The van der Waals surface area contributed by atoms with Crippen LogP contribution in [0.3, 0.4) is 0 Å².